The number of benzene rings is 3. The average Bonchev–Trinajstić information content (AvgIpc) is 3.84. The molecule has 1 fully saturated rings. The molecule has 6 rings (SSSR count). The summed E-state index contributed by atoms with van der Waals surface area (Å²) in [5.74, 6) is -2.33. The molecular formula is C37H30N2O8S2. The molecule has 12 heteroatoms. The SMILES string of the molecule is C=CCN1C(=O)/C(=C/c2cccs2)N=C1S[C@@H]1O[C@H](COC(=O)c2ccccc2)[C@@H](OC(=O)c2ccccc2)[C@H]1OC(=O)c1ccccc1. The lowest BCUT2D eigenvalue weighted by atomic mass is 10.1. The highest BCUT2D eigenvalue weighted by molar-refractivity contribution is 8.14. The third kappa shape index (κ3) is 8.06. The van der Waals surface area contributed by atoms with Gasteiger partial charge in [-0.1, -0.05) is 78.5 Å². The fraction of sp³-hybridized carbons (Fsp3) is 0.162. The van der Waals surface area contributed by atoms with Crippen molar-refractivity contribution in [2.75, 3.05) is 13.2 Å². The number of esters is 3. The Labute approximate surface area is 290 Å². The molecule has 2 aliphatic heterocycles. The van der Waals surface area contributed by atoms with Crippen LogP contribution in [0.2, 0.25) is 0 Å². The van der Waals surface area contributed by atoms with E-state index in [1.807, 2.05) is 17.5 Å². The molecule has 0 bridgehead atoms. The number of aliphatic imine (C=N–C) groups is 1. The molecule has 0 radical (unpaired) electrons. The number of nitrogens with zero attached hydrogens (tertiary/aromatic N) is 2. The third-order valence-corrected chi connectivity index (χ3v) is 9.38. The number of carbonyl (C=O) groups excluding carboxylic acids is 4. The van der Waals surface area contributed by atoms with Crippen LogP contribution in [0.3, 0.4) is 0 Å². The first-order chi connectivity index (χ1) is 23.9. The molecule has 3 heterocycles. The van der Waals surface area contributed by atoms with E-state index in [9.17, 15) is 19.2 Å². The number of amides is 1. The highest BCUT2D eigenvalue weighted by Gasteiger charge is 2.52. The monoisotopic (exact) mass is 694 g/mol. The van der Waals surface area contributed by atoms with Crippen molar-refractivity contribution in [3.05, 3.63) is 148 Å². The standard InChI is InChI=1S/C37H30N2O8S2/c1-2-20-39-32(40)28(22-27-19-12-21-48-27)38-37(39)49-36-31(47-35(43)26-17-10-5-11-18-26)30(46-34(42)25-15-8-4-9-16-25)29(45-36)23-44-33(41)24-13-6-3-7-14-24/h2-19,21-22,29-31,36H,1,20,23H2/b28-22-/t29-,30-,31-,36+/m1/s1. The molecule has 0 unspecified atom stereocenters. The van der Waals surface area contributed by atoms with Crippen LogP contribution in [0.4, 0.5) is 0 Å². The Morgan fingerprint density at radius 1 is 0.816 bits per heavy atom. The second-order valence-electron chi connectivity index (χ2n) is 10.7. The zero-order valence-electron chi connectivity index (χ0n) is 26.0. The van der Waals surface area contributed by atoms with Gasteiger partial charge in [0.25, 0.3) is 5.91 Å². The molecule has 0 N–H and O–H groups in total. The van der Waals surface area contributed by atoms with Gasteiger partial charge in [0.05, 0.1) is 16.7 Å². The molecule has 3 aromatic carbocycles. The van der Waals surface area contributed by atoms with E-state index in [2.05, 4.69) is 11.6 Å². The summed E-state index contributed by atoms with van der Waals surface area (Å²) in [6.45, 7) is 3.60. The average molecular weight is 695 g/mol. The fourth-order valence-corrected chi connectivity index (χ4v) is 6.90. The minimum atomic E-state index is -1.21. The summed E-state index contributed by atoms with van der Waals surface area (Å²) in [4.78, 5) is 60.1. The van der Waals surface area contributed by atoms with Gasteiger partial charge in [-0.25, -0.2) is 19.4 Å². The van der Waals surface area contributed by atoms with Gasteiger partial charge in [-0.3, -0.25) is 9.69 Å². The molecule has 4 atom stereocenters. The second kappa shape index (κ2) is 15.7. The fourth-order valence-electron chi connectivity index (χ4n) is 5.06. The predicted octanol–water partition coefficient (Wildman–Crippen LogP) is 6.24. The number of thiophene rings is 1. The first-order valence-corrected chi connectivity index (χ1v) is 17.0. The Bertz CT molecular complexity index is 1860. The van der Waals surface area contributed by atoms with Crippen LogP contribution in [-0.4, -0.2) is 70.8 Å². The number of ether oxygens (including phenoxy) is 4. The van der Waals surface area contributed by atoms with Crippen molar-refractivity contribution in [3.63, 3.8) is 0 Å². The van der Waals surface area contributed by atoms with E-state index in [-0.39, 0.29) is 41.1 Å². The zero-order valence-corrected chi connectivity index (χ0v) is 27.6. The Morgan fingerprint density at radius 2 is 1.39 bits per heavy atom. The molecule has 1 saturated heterocycles. The van der Waals surface area contributed by atoms with Gasteiger partial charge in [0, 0.05) is 11.4 Å². The predicted molar refractivity (Wildman–Crippen MR) is 186 cm³/mol. The summed E-state index contributed by atoms with van der Waals surface area (Å²) in [7, 11) is 0. The molecule has 0 saturated carbocycles. The van der Waals surface area contributed by atoms with Crippen LogP contribution < -0.4 is 0 Å². The Morgan fingerprint density at radius 3 is 1.94 bits per heavy atom. The van der Waals surface area contributed by atoms with Crippen LogP contribution in [0.5, 0.6) is 0 Å². The van der Waals surface area contributed by atoms with Crippen molar-refractivity contribution in [1.82, 2.24) is 4.90 Å². The lowest BCUT2D eigenvalue weighted by Gasteiger charge is -2.25. The van der Waals surface area contributed by atoms with Crippen molar-refractivity contribution in [3.8, 4) is 0 Å². The van der Waals surface area contributed by atoms with Crippen molar-refractivity contribution >= 4 is 58.2 Å². The van der Waals surface area contributed by atoms with E-state index >= 15 is 0 Å². The zero-order chi connectivity index (χ0) is 34.2. The van der Waals surface area contributed by atoms with Gasteiger partial charge in [0.15, 0.2) is 22.8 Å². The minimum Gasteiger partial charge on any atom is -0.459 e. The maximum absolute atomic E-state index is 13.5. The van der Waals surface area contributed by atoms with Crippen LogP contribution >= 0.6 is 23.1 Å². The molecular weight excluding hydrogens is 665 g/mol. The van der Waals surface area contributed by atoms with Crippen molar-refractivity contribution in [2.24, 2.45) is 4.99 Å². The van der Waals surface area contributed by atoms with Crippen LogP contribution in [0.1, 0.15) is 36.0 Å². The van der Waals surface area contributed by atoms with Gasteiger partial charge in [0.1, 0.15) is 18.4 Å². The Balaban J connectivity index is 1.33. The third-order valence-electron chi connectivity index (χ3n) is 7.43. The van der Waals surface area contributed by atoms with Gasteiger partial charge >= 0.3 is 17.9 Å². The van der Waals surface area contributed by atoms with Crippen LogP contribution in [0, 0.1) is 0 Å². The van der Waals surface area contributed by atoms with Gasteiger partial charge in [-0.2, -0.15) is 0 Å². The summed E-state index contributed by atoms with van der Waals surface area (Å²) in [6.07, 6.45) is -0.221. The highest BCUT2D eigenvalue weighted by Crippen LogP contribution is 2.38. The molecule has 2 aliphatic rings. The van der Waals surface area contributed by atoms with Gasteiger partial charge in [-0.15, -0.1) is 17.9 Å². The first-order valence-electron chi connectivity index (χ1n) is 15.2. The minimum absolute atomic E-state index is 0.151. The van der Waals surface area contributed by atoms with Gasteiger partial charge in [0.2, 0.25) is 0 Å². The summed E-state index contributed by atoms with van der Waals surface area (Å²) < 4.78 is 24.0. The maximum Gasteiger partial charge on any atom is 0.338 e. The van der Waals surface area contributed by atoms with E-state index in [1.54, 1.807) is 103 Å². The lowest BCUT2D eigenvalue weighted by Crippen LogP contribution is -2.42. The Hall–Kier alpha value is -5.30. The van der Waals surface area contributed by atoms with E-state index in [4.69, 9.17) is 18.9 Å². The number of hydrogen-bond acceptors (Lipinski definition) is 11. The maximum atomic E-state index is 13.5. The molecule has 248 valence electrons. The number of carbonyl (C=O) groups is 4. The summed E-state index contributed by atoms with van der Waals surface area (Å²) in [5.41, 5.74) is 0.0177. The lowest BCUT2D eigenvalue weighted by molar-refractivity contribution is -0.122. The molecule has 49 heavy (non-hydrogen) atoms. The topological polar surface area (TPSA) is 121 Å². The summed E-state index contributed by atoms with van der Waals surface area (Å²) in [5, 5.41) is 2.17. The molecule has 4 aromatic rings. The molecule has 0 aliphatic carbocycles. The van der Waals surface area contributed by atoms with Crippen LogP contribution in [0.15, 0.2) is 132 Å². The largest absolute Gasteiger partial charge is 0.459 e. The van der Waals surface area contributed by atoms with Crippen LogP contribution in [-0.2, 0) is 23.7 Å². The number of thioether (sulfide) groups is 1. The quantitative estimate of drug-likeness (QED) is 0.0778. The van der Waals surface area contributed by atoms with E-state index in [1.165, 1.54) is 16.2 Å². The Kier molecular flexibility index (Phi) is 10.8. The number of hydrogen-bond donors (Lipinski definition) is 0. The van der Waals surface area contributed by atoms with Crippen molar-refractivity contribution in [2.45, 2.75) is 23.7 Å². The van der Waals surface area contributed by atoms with E-state index < -0.39 is 41.7 Å². The van der Waals surface area contributed by atoms with Crippen molar-refractivity contribution in [1.29, 1.82) is 0 Å². The normalized spacial score (nSPS) is 20.9. The summed E-state index contributed by atoms with van der Waals surface area (Å²) in [6, 6.07) is 28.8. The smallest absolute Gasteiger partial charge is 0.338 e. The number of amidine groups is 1. The first kappa shape index (κ1) is 33.6. The van der Waals surface area contributed by atoms with Crippen LogP contribution in [0.25, 0.3) is 6.08 Å². The molecule has 1 aromatic heterocycles. The van der Waals surface area contributed by atoms with Gasteiger partial charge < -0.3 is 18.9 Å². The molecule has 1 amide bonds. The molecule has 10 nitrogen and oxygen atoms in total. The number of rotatable bonds is 11. The van der Waals surface area contributed by atoms with Crippen molar-refractivity contribution < 1.29 is 38.1 Å². The van der Waals surface area contributed by atoms with E-state index in [0.29, 0.717) is 5.56 Å². The van der Waals surface area contributed by atoms with Gasteiger partial charge in [-0.05, 0) is 53.9 Å². The summed E-state index contributed by atoms with van der Waals surface area (Å²) >= 11 is 2.49. The second-order valence-corrected chi connectivity index (χ2v) is 12.8. The molecule has 0 spiro atoms. The highest BCUT2D eigenvalue weighted by atomic mass is 32.2. The van der Waals surface area contributed by atoms with E-state index in [0.717, 1.165) is 16.6 Å².